The van der Waals surface area contributed by atoms with E-state index in [1.807, 2.05) is 0 Å². The third-order valence-corrected chi connectivity index (χ3v) is 2.26. The monoisotopic (exact) mass is 239 g/mol. The van der Waals surface area contributed by atoms with Crippen molar-refractivity contribution in [2.24, 2.45) is 0 Å². The first-order valence-electron chi connectivity index (χ1n) is 4.96. The van der Waals surface area contributed by atoms with Gasteiger partial charge in [0.1, 0.15) is 5.75 Å². The normalized spacial score (nSPS) is 10.2. The molecule has 0 saturated carbocycles. The Kier molecular flexibility index (Phi) is 4.45. The summed E-state index contributed by atoms with van der Waals surface area (Å²) in [6, 6.07) is 3.20. The van der Waals surface area contributed by atoms with E-state index in [9.17, 15) is 9.59 Å². The summed E-state index contributed by atoms with van der Waals surface area (Å²) in [5.74, 6) is -2.18. The Balaban J connectivity index is 2.86. The third kappa shape index (κ3) is 4.10. The highest BCUT2D eigenvalue weighted by atomic mass is 16.5. The fourth-order valence-electron chi connectivity index (χ4n) is 1.46. The molecule has 1 heterocycles. The number of carboxylic acids is 2. The Labute approximate surface area is 97.9 Å². The van der Waals surface area contributed by atoms with Crippen molar-refractivity contribution in [1.82, 2.24) is 4.98 Å². The quantitative estimate of drug-likeness (QED) is 0.772. The number of methoxy groups -OCH3 is 1. The Morgan fingerprint density at radius 3 is 2.24 bits per heavy atom. The van der Waals surface area contributed by atoms with E-state index in [-0.39, 0.29) is 12.8 Å². The number of ether oxygens (including phenoxy) is 1. The molecule has 0 radical (unpaired) electrons. The van der Waals surface area contributed by atoms with Gasteiger partial charge < -0.3 is 14.9 Å². The molecule has 6 nitrogen and oxygen atoms in total. The Hall–Kier alpha value is -2.11. The second-order valence-electron chi connectivity index (χ2n) is 3.52. The van der Waals surface area contributed by atoms with E-state index in [4.69, 9.17) is 14.9 Å². The van der Waals surface area contributed by atoms with Crippen molar-refractivity contribution in [3.05, 3.63) is 24.0 Å². The van der Waals surface area contributed by atoms with Crippen LogP contribution in [0.3, 0.4) is 0 Å². The predicted octanol–water partition coefficient (Wildman–Crippen LogP) is 1.12. The maximum atomic E-state index is 10.6. The summed E-state index contributed by atoms with van der Waals surface area (Å²) in [7, 11) is 1.49. The topological polar surface area (TPSA) is 96.7 Å². The summed E-state index contributed by atoms with van der Waals surface area (Å²) in [5.41, 5.74) is 0.440. The lowest BCUT2D eigenvalue weighted by atomic mass is 9.97. The molecule has 1 aromatic heterocycles. The van der Waals surface area contributed by atoms with Crippen molar-refractivity contribution in [2.75, 3.05) is 7.11 Å². The molecule has 0 aliphatic heterocycles. The lowest BCUT2D eigenvalue weighted by Crippen LogP contribution is -2.12. The van der Waals surface area contributed by atoms with Gasteiger partial charge >= 0.3 is 11.9 Å². The number of pyridine rings is 1. The first-order chi connectivity index (χ1) is 8.02. The molecule has 0 aliphatic rings. The molecule has 1 aromatic rings. The van der Waals surface area contributed by atoms with Crippen LogP contribution in [0.25, 0.3) is 0 Å². The van der Waals surface area contributed by atoms with E-state index in [1.165, 1.54) is 13.3 Å². The van der Waals surface area contributed by atoms with E-state index in [1.54, 1.807) is 12.1 Å². The first-order valence-corrected chi connectivity index (χ1v) is 4.96. The molecule has 0 spiro atoms. The molecular formula is C11H13NO5. The van der Waals surface area contributed by atoms with E-state index < -0.39 is 17.9 Å². The molecule has 17 heavy (non-hydrogen) atoms. The summed E-state index contributed by atoms with van der Waals surface area (Å²) in [5, 5.41) is 17.4. The van der Waals surface area contributed by atoms with Gasteiger partial charge in [-0.2, -0.15) is 0 Å². The fourth-order valence-corrected chi connectivity index (χ4v) is 1.46. The smallest absolute Gasteiger partial charge is 0.304 e. The molecule has 0 atom stereocenters. The molecule has 0 aliphatic carbocycles. The summed E-state index contributed by atoms with van der Waals surface area (Å²) >= 11 is 0. The summed E-state index contributed by atoms with van der Waals surface area (Å²) < 4.78 is 4.92. The van der Waals surface area contributed by atoms with Crippen LogP contribution in [0.2, 0.25) is 0 Å². The number of carbonyl (C=O) groups is 2. The van der Waals surface area contributed by atoms with Crippen molar-refractivity contribution < 1.29 is 24.5 Å². The fraction of sp³-hybridized carbons (Fsp3) is 0.364. The van der Waals surface area contributed by atoms with Gasteiger partial charge in [0.2, 0.25) is 0 Å². The van der Waals surface area contributed by atoms with E-state index in [0.29, 0.717) is 11.4 Å². The highest BCUT2D eigenvalue weighted by molar-refractivity contribution is 5.72. The molecule has 2 N–H and O–H groups in total. The molecule has 6 heteroatoms. The van der Waals surface area contributed by atoms with Crippen LogP contribution in [0.1, 0.15) is 24.5 Å². The second kappa shape index (κ2) is 5.83. The van der Waals surface area contributed by atoms with Crippen LogP contribution >= 0.6 is 0 Å². The minimum Gasteiger partial charge on any atom is -0.495 e. The summed E-state index contributed by atoms with van der Waals surface area (Å²) in [4.78, 5) is 25.3. The minimum atomic E-state index is -1.05. The van der Waals surface area contributed by atoms with Gasteiger partial charge in [-0.3, -0.25) is 14.6 Å². The molecule has 0 saturated heterocycles. The summed E-state index contributed by atoms with van der Waals surface area (Å²) in [6.07, 6.45) is 0.920. The molecule has 92 valence electrons. The number of rotatable bonds is 6. The average molecular weight is 239 g/mol. The molecule has 0 fully saturated rings. The van der Waals surface area contributed by atoms with Gasteiger partial charge in [-0.25, -0.2) is 0 Å². The molecular weight excluding hydrogens is 226 g/mol. The number of hydrogen-bond acceptors (Lipinski definition) is 4. The van der Waals surface area contributed by atoms with E-state index in [2.05, 4.69) is 4.98 Å². The maximum Gasteiger partial charge on any atom is 0.304 e. The number of nitrogens with zero attached hydrogens (tertiary/aromatic N) is 1. The van der Waals surface area contributed by atoms with E-state index >= 15 is 0 Å². The number of aliphatic carboxylic acids is 2. The second-order valence-corrected chi connectivity index (χ2v) is 3.52. The average Bonchev–Trinajstić information content (AvgIpc) is 2.27. The minimum absolute atomic E-state index is 0.258. The van der Waals surface area contributed by atoms with E-state index in [0.717, 1.165) is 0 Å². The van der Waals surface area contributed by atoms with Crippen molar-refractivity contribution >= 4 is 11.9 Å². The SMILES string of the molecule is COc1ccc(C(CC(=O)O)CC(=O)O)nc1. The summed E-state index contributed by atoms with van der Waals surface area (Å²) in [6.45, 7) is 0. The van der Waals surface area contributed by atoms with Crippen molar-refractivity contribution in [3.63, 3.8) is 0 Å². The van der Waals surface area contributed by atoms with Crippen LogP contribution in [0.15, 0.2) is 18.3 Å². The molecule has 1 rings (SSSR count). The Morgan fingerprint density at radius 2 is 1.88 bits per heavy atom. The van der Waals surface area contributed by atoms with Crippen LogP contribution in [0.5, 0.6) is 5.75 Å². The highest BCUT2D eigenvalue weighted by Crippen LogP contribution is 2.23. The predicted molar refractivity (Wildman–Crippen MR) is 58.0 cm³/mol. The van der Waals surface area contributed by atoms with Gasteiger partial charge in [-0.15, -0.1) is 0 Å². The zero-order valence-corrected chi connectivity index (χ0v) is 9.29. The highest BCUT2D eigenvalue weighted by Gasteiger charge is 2.20. The van der Waals surface area contributed by atoms with Crippen molar-refractivity contribution in [2.45, 2.75) is 18.8 Å². The lowest BCUT2D eigenvalue weighted by Gasteiger charge is -2.12. The van der Waals surface area contributed by atoms with Crippen molar-refractivity contribution in [3.8, 4) is 5.75 Å². The largest absolute Gasteiger partial charge is 0.495 e. The van der Waals surface area contributed by atoms with Gasteiger partial charge in [0.25, 0.3) is 0 Å². The number of aromatic nitrogens is 1. The van der Waals surface area contributed by atoms with Gasteiger partial charge in [-0.1, -0.05) is 0 Å². The Morgan fingerprint density at radius 1 is 1.29 bits per heavy atom. The van der Waals surface area contributed by atoms with Crippen LogP contribution in [0, 0.1) is 0 Å². The van der Waals surface area contributed by atoms with Gasteiger partial charge in [0, 0.05) is 11.6 Å². The zero-order valence-electron chi connectivity index (χ0n) is 9.29. The van der Waals surface area contributed by atoms with Gasteiger partial charge in [-0.05, 0) is 12.1 Å². The first kappa shape index (κ1) is 13.0. The maximum absolute atomic E-state index is 10.6. The number of hydrogen-bond donors (Lipinski definition) is 2. The standard InChI is InChI=1S/C11H13NO5/c1-17-8-2-3-9(12-6-8)7(4-10(13)14)5-11(15)16/h2-3,6-7H,4-5H2,1H3,(H,13,14)(H,15,16). The van der Waals surface area contributed by atoms with Crippen LogP contribution in [-0.2, 0) is 9.59 Å². The number of carboxylic acid groups (broad SMARTS) is 2. The molecule has 0 amide bonds. The van der Waals surface area contributed by atoms with Gasteiger partial charge in [0.05, 0.1) is 26.1 Å². The molecule has 0 bridgehead atoms. The molecule has 0 unspecified atom stereocenters. The van der Waals surface area contributed by atoms with Crippen LogP contribution < -0.4 is 4.74 Å². The third-order valence-electron chi connectivity index (χ3n) is 2.26. The van der Waals surface area contributed by atoms with Crippen LogP contribution in [-0.4, -0.2) is 34.2 Å². The van der Waals surface area contributed by atoms with Crippen molar-refractivity contribution in [1.29, 1.82) is 0 Å². The zero-order chi connectivity index (χ0) is 12.8. The van der Waals surface area contributed by atoms with Gasteiger partial charge in [0.15, 0.2) is 0 Å². The molecule has 0 aromatic carbocycles. The Bertz CT molecular complexity index is 385. The lowest BCUT2D eigenvalue weighted by molar-refractivity contribution is -0.139. The van der Waals surface area contributed by atoms with Crippen LogP contribution in [0.4, 0.5) is 0 Å².